The van der Waals surface area contributed by atoms with Crippen LogP contribution in [-0.4, -0.2) is 18.7 Å². The van der Waals surface area contributed by atoms with E-state index < -0.39 is 10.1 Å². The summed E-state index contributed by atoms with van der Waals surface area (Å²) in [5, 5.41) is 0. The van der Waals surface area contributed by atoms with Crippen LogP contribution >= 0.6 is 0 Å². The molecule has 106 valence electrons. The Balaban J connectivity index is 1.76. The van der Waals surface area contributed by atoms with Crippen molar-refractivity contribution in [2.75, 3.05) is 5.75 Å². The van der Waals surface area contributed by atoms with Crippen LogP contribution < -0.4 is 0 Å². The van der Waals surface area contributed by atoms with Crippen molar-refractivity contribution < 1.29 is 13.0 Å². The summed E-state index contributed by atoms with van der Waals surface area (Å²) in [5.41, 5.74) is 0.532. The third-order valence-corrected chi connectivity index (χ3v) is 6.54. The maximum absolute atomic E-state index is 10.6. The highest BCUT2D eigenvalue weighted by Gasteiger charge is 2.55. The lowest BCUT2D eigenvalue weighted by molar-refractivity contribution is -0.130. The molecule has 4 atom stereocenters. The fourth-order valence-electron chi connectivity index (χ4n) is 4.33. The van der Waals surface area contributed by atoms with Gasteiger partial charge in [0.15, 0.2) is 0 Å². The van der Waals surface area contributed by atoms with Crippen LogP contribution in [0.4, 0.5) is 0 Å². The zero-order valence-corrected chi connectivity index (χ0v) is 12.5. The Hall–Kier alpha value is -0.0900. The number of unbranched alkanes of at least 4 members (excludes halogenated alkanes) is 1. The van der Waals surface area contributed by atoms with Gasteiger partial charge >= 0.3 is 0 Å². The van der Waals surface area contributed by atoms with E-state index in [1.165, 1.54) is 12.8 Å². The molecule has 0 amide bonds. The van der Waals surface area contributed by atoms with Crippen LogP contribution in [0, 0.1) is 29.1 Å². The first-order valence-corrected chi connectivity index (χ1v) is 8.78. The van der Waals surface area contributed by atoms with Crippen molar-refractivity contribution in [2.24, 2.45) is 29.1 Å². The number of hydrogen-bond donors (Lipinski definition) is 1. The first-order valence-electron chi connectivity index (χ1n) is 7.17. The summed E-state index contributed by atoms with van der Waals surface area (Å²) in [4.78, 5) is 0. The molecule has 0 aliphatic heterocycles. The molecule has 0 heterocycles. The molecule has 0 aromatic carbocycles. The van der Waals surface area contributed by atoms with Crippen LogP contribution in [-0.2, 0) is 10.1 Å². The Morgan fingerprint density at radius 1 is 1.22 bits per heavy atom. The highest BCUT2D eigenvalue weighted by atomic mass is 32.2. The quantitative estimate of drug-likeness (QED) is 0.618. The van der Waals surface area contributed by atoms with E-state index in [0.29, 0.717) is 11.8 Å². The average Bonchev–Trinajstić information content (AvgIpc) is 2.24. The smallest absolute Gasteiger partial charge is 0.264 e. The molecule has 4 heteroatoms. The first kappa shape index (κ1) is 14.3. The minimum absolute atomic E-state index is 0.0769. The van der Waals surface area contributed by atoms with Crippen LogP contribution in [0.15, 0.2) is 0 Å². The zero-order valence-electron chi connectivity index (χ0n) is 11.7. The molecule has 0 aromatic heterocycles. The van der Waals surface area contributed by atoms with Gasteiger partial charge in [0.2, 0.25) is 0 Å². The van der Waals surface area contributed by atoms with Gasteiger partial charge in [-0.05, 0) is 48.3 Å². The van der Waals surface area contributed by atoms with Crippen LogP contribution in [0.3, 0.4) is 0 Å². The third kappa shape index (κ3) is 2.74. The fourth-order valence-corrected chi connectivity index (χ4v) is 4.90. The van der Waals surface area contributed by atoms with Crippen LogP contribution in [0.1, 0.15) is 52.9 Å². The average molecular weight is 274 g/mol. The van der Waals surface area contributed by atoms with Gasteiger partial charge in [-0.25, -0.2) is 0 Å². The van der Waals surface area contributed by atoms with E-state index in [-0.39, 0.29) is 5.75 Å². The molecule has 0 saturated heterocycles. The van der Waals surface area contributed by atoms with Gasteiger partial charge in [-0.15, -0.1) is 0 Å². The van der Waals surface area contributed by atoms with Crippen LogP contribution in [0.25, 0.3) is 0 Å². The zero-order chi connectivity index (χ0) is 13.6. The molecule has 1 N–H and O–H groups in total. The van der Waals surface area contributed by atoms with Crippen molar-refractivity contribution >= 4 is 10.1 Å². The summed E-state index contributed by atoms with van der Waals surface area (Å²) < 4.78 is 30.0. The summed E-state index contributed by atoms with van der Waals surface area (Å²) in [6.07, 6.45) is 5.36. The van der Waals surface area contributed by atoms with E-state index in [9.17, 15) is 8.42 Å². The fraction of sp³-hybridized carbons (Fsp3) is 1.00. The van der Waals surface area contributed by atoms with Crippen molar-refractivity contribution in [3.63, 3.8) is 0 Å². The molecule has 3 aliphatic carbocycles. The standard InChI is InChI=1S/C14H26O3S/c1-10-11(6-4-5-7-18(15,16)17)8-12-9-13(10)14(12,2)3/h10-13H,4-9H2,1-3H3,(H,15,16,17)/t10-,11+,12?,13-/m0/s1. The van der Waals surface area contributed by atoms with Crippen LogP contribution in [0.5, 0.6) is 0 Å². The van der Waals surface area contributed by atoms with Crippen molar-refractivity contribution in [3.8, 4) is 0 Å². The molecule has 0 aromatic rings. The summed E-state index contributed by atoms with van der Waals surface area (Å²) >= 11 is 0. The number of hydrogen-bond acceptors (Lipinski definition) is 2. The molecule has 18 heavy (non-hydrogen) atoms. The van der Waals surface area contributed by atoms with Gasteiger partial charge in [-0.3, -0.25) is 4.55 Å². The Labute approximate surface area is 111 Å². The summed E-state index contributed by atoms with van der Waals surface area (Å²) in [5.74, 6) is 3.21. The summed E-state index contributed by atoms with van der Waals surface area (Å²) in [6, 6.07) is 0. The van der Waals surface area contributed by atoms with Crippen molar-refractivity contribution in [1.82, 2.24) is 0 Å². The lowest BCUT2D eigenvalue weighted by atomic mass is 9.43. The van der Waals surface area contributed by atoms with E-state index >= 15 is 0 Å². The minimum atomic E-state index is -3.76. The van der Waals surface area contributed by atoms with E-state index in [0.717, 1.165) is 36.5 Å². The number of rotatable bonds is 5. The molecular weight excluding hydrogens is 248 g/mol. The lowest BCUT2D eigenvalue weighted by Crippen LogP contribution is -2.54. The first-order chi connectivity index (χ1) is 8.22. The molecule has 3 rings (SSSR count). The molecule has 0 spiro atoms. The molecular formula is C14H26O3S. The van der Waals surface area contributed by atoms with Gasteiger partial charge < -0.3 is 0 Å². The predicted octanol–water partition coefficient (Wildman–Crippen LogP) is 3.36. The number of fused-ring (bicyclic) bond motifs is 2. The molecule has 3 aliphatic rings. The van der Waals surface area contributed by atoms with Gasteiger partial charge in [0.1, 0.15) is 0 Å². The minimum Gasteiger partial charge on any atom is -0.286 e. The van der Waals surface area contributed by atoms with Gasteiger partial charge in [0, 0.05) is 0 Å². The summed E-state index contributed by atoms with van der Waals surface area (Å²) in [6.45, 7) is 7.17. The normalized spacial score (nSPS) is 38.2. The molecule has 0 radical (unpaired) electrons. The van der Waals surface area contributed by atoms with Gasteiger partial charge in [-0.1, -0.05) is 33.6 Å². The highest BCUT2D eigenvalue weighted by Crippen LogP contribution is 2.63. The third-order valence-electron chi connectivity index (χ3n) is 5.74. The van der Waals surface area contributed by atoms with Gasteiger partial charge in [-0.2, -0.15) is 8.42 Å². The van der Waals surface area contributed by atoms with Gasteiger partial charge in [0.25, 0.3) is 10.1 Å². The molecule has 3 fully saturated rings. The molecule has 1 unspecified atom stereocenters. The van der Waals surface area contributed by atoms with Gasteiger partial charge in [0.05, 0.1) is 5.75 Å². The Morgan fingerprint density at radius 3 is 2.39 bits per heavy atom. The second kappa shape index (κ2) is 4.78. The van der Waals surface area contributed by atoms with E-state index in [1.54, 1.807) is 0 Å². The maximum Gasteiger partial charge on any atom is 0.264 e. The predicted molar refractivity (Wildman–Crippen MR) is 72.9 cm³/mol. The highest BCUT2D eigenvalue weighted by molar-refractivity contribution is 7.85. The second-order valence-corrected chi connectivity index (χ2v) is 8.57. The van der Waals surface area contributed by atoms with E-state index in [4.69, 9.17) is 4.55 Å². The Kier molecular flexibility index (Phi) is 3.81. The monoisotopic (exact) mass is 274 g/mol. The van der Waals surface area contributed by atoms with Crippen molar-refractivity contribution in [3.05, 3.63) is 0 Å². The molecule has 3 saturated carbocycles. The van der Waals surface area contributed by atoms with E-state index in [2.05, 4.69) is 20.8 Å². The second-order valence-electron chi connectivity index (χ2n) is 7.00. The molecule has 2 bridgehead atoms. The Morgan fingerprint density at radius 2 is 1.89 bits per heavy atom. The summed E-state index contributed by atoms with van der Waals surface area (Å²) in [7, 11) is -3.76. The lowest BCUT2D eigenvalue weighted by Gasteiger charge is -2.62. The Bertz CT molecular complexity index is 399. The SMILES string of the molecule is C[C@H]1[C@H](CCCCS(=O)(=O)O)CC2C[C@@H]1C2(C)C. The van der Waals surface area contributed by atoms with E-state index in [1.807, 2.05) is 0 Å². The topological polar surface area (TPSA) is 54.4 Å². The largest absolute Gasteiger partial charge is 0.286 e. The van der Waals surface area contributed by atoms with Crippen molar-refractivity contribution in [2.45, 2.75) is 52.9 Å². The molecule has 3 nitrogen and oxygen atoms in total. The maximum atomic E-state index is 10.6. The van der Waals surface area contributed by atoms with Crippen LogP contribution in [0.2, 0.25) is 0 Å². The van der Waals surface area contributed by atoms with Crippen molar-refractivity contribution in [1.29, 1.82) is 0 Å².